The van der Waals surface area contributed by atoms with E-state index in [1.807, 2.05) is 30.3 Å². The molecular weight excluding hydrogens is 308 g/mol. The number of aromatic nitrogens is 2. The van der Waals surface area contributed by atoms with Crippen LogP contribution in [-0.4, -0.2) is 9.97 Å². The zero-order valence-electron chi connectivity index (χ0n) is 19.1. The summed E-state index contributed by atoms with van der Waals surface area (Å²) < 4.78 is 51.5. The highest BCUT2D eigenvalue weighted by atomic mass is 16.3. The molecule has 0 amide bonds. The lowest BCUT2D eigenvalue weighted by atomic mass is 10.0. The molecule has 0 unspecified atom stereocenters. The van der Waals surface area contributed by atoms with Gasteiger partial charge in [-0.25, -0.2) is 0 Å². The predicted octanol–water partition coefficient (Wildman–Crippen LogP) is 5.81. The molecule has 25 heavy (non-hydrogen) atoms. The second kappa shape index (κ2) is 5.15. The molecule has 0 atom stereocenters. The summed E-state index contributed by atoms with van der Waals surface area (Å²) in [5.41, 5.74) is 2.79. The minimum Gasteiger partial charge on any atom is -0.455 e. The van der Waals surface area contributed by atoms with Crippen molar-refractivity contribution in [1.29, 1.82) is 0 Å². The van der Waals surface area contributed by atoms with Gasteiger partial charge in [-0.3, -0.25) is 9.97 Å². The Morgan fingerprint density at radius 3 is 2.64 bits per heavy atom. The molecule has 3 heterocycles. The molecule has 2 aromatic carbocycles. The Kier molecular flexibility index (Phi) is 1.92. The van der Waals surface area contributed by atoms with Crippen molar-refractivity contribution in [2.75, 3.05) is 0 Å². The molecule has 0 saturated heterocycles. The standard InChI is InChI=1S/C22H16N2O/c1-13-6-9-20(24-11-13)18-5-3-4-16-17-8-7-15-10-14(2)23-12-19(15)22(17)25-21(16)18/h3-12H,1-2H3/i1D3,2D3. The SMILES string of the molecule is [2H]C([2H])([2H])c1ccc(-c2cccc3c2oc2c4cnc(C([2H])([2H])[2H])cc4ccc32)nc1. The number of furan rings is 1. The molecule has 0 fully saturated rings. The lowest BCUT2D eigenvalue weighted by Gasteiger charge is -2.02. The van der Waals surface area contributed by atoms with Crippen LogP contribution in [0.4, 0.5) is 0 Å². The number of hydrogen-bond acceptors (Lipinski definition) is 3. The zero-order valence-corrected chi connectivity index (χ0v) is 13.1. The number of fused-ring (bicyclic) bond motifs is 5. The molecule has 0 radical (unpaired) electrons. The van der Waals surface area contributed by atoms with E-state index in [1.165, 1.54) is 12.4 Å². The minimum atomic E-state index is -2.28. The summed E-state index contributed by atoms with van der Waals surface area (Å²) in [7, 11) is 0. The maximum absolute atomic E-state index is 7.58. The van der Waals surface area contributed by atoms with Crippen LogP contribution in [0.25, 0.3) is 44.0 Å². The van der Waals surface area contributed by atoms with Crippen LogP contribution >= 0.6 is 0 Å². The van der Waals surface area contributed by atoms with Gasteiger partial charge in [0.05, 0.1) is 5.69 Å². The van der Waals surface area contributed by atoms with Crippen LogP contribution in [0.15, 0.2) is 65.3 Å². The number of benzene rings is 2. The third kappa shape index (κ3) is 2.13. The zero-order chi connectivity index (χ0) is 22.0. The van der Waals surface area contributed by atoms with Crippen molar-refractivity contribution in [3.05, 3.63) is 72.2 Å². The van der Waals surface area contributed by atoms with Gasteiger partial charge in [0.15, 0.2) is 0 Å². The van der Waals surface area contributed by atoms with E-state index < -0.39 is 13.7 Å². The van der Waals surface area contributed by atoms with E-state index in [0.717, 1.165) is 27.1 Å². The fourth-order valence-corrected chi connectivity index (χ4v) is 3.23. The van der Waals surface area contributed by atoms with Gasteiger partial charge >= 0.3 is 0 Å². The highest BCUT2D eigenvalue weighted by molar-refractivity contribution is 6.16. The molecule has 0 aliphatic rings. The summed E-state index contributed by atoms with van der Waals surface area (Å²) in [5.74, 6) is 0. The van der Waals surface area contributed by atoms with Crippen LogP contribution in [0.3, 0.4) is 0 Å². The first-order valence-electron chi connectivity index (χ1n) is 10.8. The van der Waals surface area contributed by atoms with Gasteiger partial charge in [-0.15, -0.1) is 0 Å². The molecule has 5 rings (SSSR count). The number of aryl methyl sites for hydroxylation is 2. The summed E-state index contributed by atoms with van der Waals surface area (Å²) in [5, 5.41) is 3.22. The number of nitrogens with zero attached hydrogens (tertiary/aromatic N) is 2. The minimum absolute atomic E-state index is 0.0368. The highest BCUT2D eigenvalue weighted by Gasteiger charge is 2.14. The van der Waals surface area contributed by atoms with Gasteiger partial charge in [-0.05, 0) is 48.9 Å². The van der Waals surface area contributed by atoms with Crippen molar-refractivity contribution in [3.8, 4) is 11.3 Å². The number of pyridine rings is 2. The van der Waals surface area contributed by atoms with E-state index in [0.29, 0.717) is 16.9 Å². The van der Waals surface area contributed by atoms with E-state index in [4.69, 9.17) is 12.6 Å². The van der Waals surface area contributed by atoms with Crippen molar-refractivity contribution >= 4 is 32.7 Å². The molecule has 0 spiro atoms. The Bertz CT molecular complexity index is 1450. The van der Waals surface area contributed by atoms with Gasteiger partial charge in [0.1, 0.15) is 11.2 Å². The average molecular weight is 330 g/mol. The Balaban J connectivity index is 1.72. The molecule has 0 bridgehead atoms. The van der Waals surface area contributed by atoms with Gasteiger partial charge < -0.3 is 4.42 Å². The van der Waals surface area contributed by atoms with Crippen LogP contribution in [0.2, 0.25) is 0 Å². The first kappa shape index (κ1) is 9.33. The second-order valence-corrected chi connectivity index (χ2v) is 5.95. The maximum Gasteiger partial charge on any atom is 0.144 e. The van der Waals surface area contributed by atoms with Gasteiger partial charge in [0.2, 0.25) is 0 Å². The predicted molar refractivity (Wildman–Crippen MR) is 102 cm³/mol. The third-order valence-electron chi connectivity index (χ3n) is 4.40. The lowest BCUT2D eigenvalue weighted by Crippen LogP contribution is -1.84. The number of para-hydroxylation sites is 1. The quantitative estimate of drug-likeness (QED) is 0.389. The first-order chi connectivity index (χ1) is 14.6. The molecule has 0 N–H and O–H groups in total. The van der Waals surface area contributed by atoms with Crippen molar-refractivity contribution in [2.45, 2.75) is 13.7 Å². The smallest absolute Gasteiger partial charge is 0.144 e. The van der Waals surface area contributed by atoms with E-state index in [9.17, 15) is 0 Å². The van der Waals surface area contributed by atoms with Crippen molar-refractivity contribution in [2.24, 2.45) is 0 Å². The van der Waals surface area contributed by atoms with E-state index >= 15 is 0 Å². The molecule has 3 heteroatoms. The van der Waals surface area contributed by atoms with Gasteiger partial charge in [0.25, 0.3) is 0 Å². The highest BCUT2D eigenvalue weighted by Crippen LogP contribution is 2.38. The normalized spacial score (nSPS) is 16.2. The number of rotatable bonds is 1. The topological polar surface area (TPSA) is 38.9 Å². The molecular formula is C22H16N2O. The van der Waals surface area contributed by atoms with Crippen LogP contribution in [-0.2, 0) is 0 Å². The second-order valence-electron chi connectivity index (χ2n) is 5.95. The van der Waals surface area contributed by atoms with E-state index in [2.05, 4.69) is 9.97 Å². The fourth-order valence-electron chi connectivity index (χ4n) is 3.23. The van der Waals surface area contributed by atoms with Crippen molar-refractivity contribution < 1.29 is 12.6 Å². The van der Waals surface area contributed by atoms with Crippen LogP contribution in [0.5, 0.6) is 0 Å². The Labute approximate surface area is 153 Å². The van der Waals surface area contributed by atoms with Crippen molar-refractivity contribution in [1.82, 2.24) is 9.97 Å². The van der Waals surface area contributed by atoms with Crippen LogP contribution in [0.1, 0.15) is 19.5 Å². The molecule has 0 aliphatic heterocycles. The number of hydrogen-bond donors (Lipinski definition) is 0. The van der Waals surface area contributed by atoms with Gasteiger partial charge in [-0.2, -0.15) is 0 Å². The van der Waals surface area contributed by atoms with Crippen LogP contribution in [0, 0.1) is 13.7 Å². The summed E-state index contributed by atoms with van der Waals surface area (Å²) in [6, 6.07) is 14.3. The Morgan fingerprint density at radius 1 is 0.840 bits per heavy atom. The molecule has 3 nitrogen and oxygen atoms in total. The lowest BCUT2D eigenvalue weighted by molar-refractivity contribution is 0.673. The average Bonchev–Trinajstić information content (AvgIpc) is 3.11. The summed E-state index contributed by atoms with van der Waals surface area (Å²) >= 11 is 0. The fraction of sp³-hybridized carbons (Fsp3) is 0.0909. The van der Waals surface area contributed by atoms with Gasteiger partial charge in [0, 0.05) is 48.0 Å². The molecule has 5 aromatic rings. The first-order valence-corrected chi connectivity index (χ1v) is 7.84. The molecule has 0 saturated carbocycles. The maximum atomic E-state index is 7.58. The summed E-state index contributed by atoms with van der Waals surface area (Å²) in [6.45, 7) is -4.49. The molecule has 120 valence electrons. The third-order valence-corrected chi connectivity index (χ3v) is 4.40. The van der Waals surface area contributed by atoms with Crippen LogP contribution < -0.4 is 0 Å². The van der Waals surface area contributed by atoms with Crippen molar-refractivity contribution in [3.63, 3.8) is 0 Å². The largest absolute Gasteiger partial charge is 0.455 e. The Morgan fingerprint density at radius 2 is 1.80 bits per heavy atom. The Hall–Kier alpha value is -3.20. The summed E-state index contributed by atoms with van der Waals surface area (Å²) in [6.07, 6.45) is 2.89. The van der Waals surface area contributed by atoms with E-state index in [1.54, 1.807) is 18.2 Å². The summed E-state index contributed by atoms with van der Waals surface area (Å²) in [4.78, 5) is 8.47. The monoisotopic (exact) mass is 330 g/mol. The van der Waals surface area contributed by atoms with E-state index in [-0.39, 0.29) is 11.3 Å². The molecule has 3 aromatic heterocycles. The van der Waals surface area contributed by atoms with Gasteiger partial charge in [-0.1, -0.05) is 24.3 Å². The molecule has 0 aliphatic carbocycles.